The van der Waals surface area contributed by atoms with Gasteiger partial charge in [0.1, 0.15) is 5.75 Å². The summed E-state index contributed by atoms with van der Waals surface area (Å²) in [6, 6.07) is 7.70. The molecule has 1 amide bonds. The van der Waals surface area contributed by atoms with Crippen molar-refractivity contribution in [3.05, 3.63) is 24.3 Å². The highest BCUT2D eigenvalue weighted by Crippen LogP contribution is 2.24. The third kappa shape index (κ3) is 2.42. The van der Waals surface area contributed by atoms with E-state index >= 15 is 0 Å². The third-order valence-corrected chi connectivity index (χ3v) is 3.07. The van der Waals surface area contributed by atoms with E-state index in [1.807, 2.05) is 24.3 Å². The van der Waals surface area contributed by atoms with Crippen LogP contribution in [0.1, 0.15) is 20.3 Å². The number of benzene rings is 1. The molecule has 2 rings (SSSR count). The van der Waals surface area contributed by atoms with Crippen molar-refractivity contribution in [3.63, 3.8) is 0 Å². The van der Waals surface area contributed by atoms with Crippen molar-refractivity contribution >= 4 is 11.6 Å². The fraction of sp³-hybridized carbons (Fsp3) is 0.462. The van der Waals surface area contributed by atoms with Gasteiger partial charge in [-0.1, -0.05) is 13.8 Å². The highest BCUT2D eigenvalue weighted by atomic mass is 16.5. The van der Waals surface area contributed by atoms with Crippen LogP contribution in [0, 0.1) is 5.92 Å². The smallest absolute Gasteiger partial charge is 0.243 e. The van der Waals surface area contributed by atoms with Gasteiger partial charge in [-0.3, -0.25) is 4.79 Å². The molecule has 4 nitrogen and oxygen atoms in total. The molecule has 1 atom stereocenters. The molecule has 0 aliphatic carbocycles. The van der Waals surface area contributed by atoms with E-state index in [1.54, 1.807) is 12.1 Å². The van der Waals surface area contributed by atoms with Crippen molar-refractivity contribution in [3.8, 4) is 5.75 Å². The maximum Gasteiger partial charge on any atom is 0.243 e. The zero-order valence-corrected chi connectivity index (χ0v) is 10.4. The topological polar surface area (TPSA) is 41.6 Å². The van der Waals surface area contributed by atoms with Crippen molar-refractivity contribution in [2.24, 2.45) is 5.92 Å². The number of rotatable bonds is 3. The van der Waals surface area contributed by atoms with Gasteiger partial charge in [0.2, 0.25) is 5.91 Å². The summed E-state index contributed by atoms with van der Waals surface area (Å²) in [5.41, 5.74) is 4.10. The quantitative estimate of drug-likeness (QED) is 0.869. The summed E-state index contributed by atoms with van der Waals surface area (Å²) in [7, 11) is 1.63. The minimum absolute atomic E-state index is 0.119. The SMILES string of the molecule is COc1ccc(N2NC(C(C)C)CC2=O)cc1. The van der Waals surface area contributed by atoms with Gasteiger partial charge in [0, 0.05) is 12.5 Å². The van der Waals surface area contributed by atoms with Gasteiger partial charge < -0.3 is 4.74 Å². The number of ether oxygens (including phenoxy) is 1. The molecule has 92 valence electrons. The standard InChI is InChI=1S/C13H18N2O2/c1-9(2)12-8-13(16)15(14-12)10-4-6-11(17-3)7-5-10/h4-7,9,12,14H,8H2,1-3H3. The molecule has 0 bridgehead atoms. The molecule has 0 saturated carbocycles. The van der Waals surface area contributed by atoms with Crippen molar-refractivity contribution in [2.75, 3.05) is 12.1 Å². The van der Waals surface area contributed by atoms with Gasteiger partial charge in [-0.15, -0.1) is 0 Å². The molecule has 1 fully saturated rings. The largest absolute Gasteiger partial charge is 0.497 e. The molecule has 17 heavy (non-hydrogen) atoms. The lowest BCUT2D eigenvalue weighted by atomic mass is 10.0. The highest BCUT2D eigenvalue weighted by Gasteiger charge is 2.31. The van der Waals surface area contributed by atoms with E-state index in [1.165, 1.54) is 0 Å². The van der Waals surface area contributed by atoms with Crippen molar-refractivity contribution in [1.82, 2.24) is 5.43 Å². The van der Waals surface area contributed by atoms with Gasteiger partial charge in [0.15, 0.2) is 0 Å². The maximum absolute atomic E-state index is 11.9. The number of methoxy groups -OCH3 is 1. The van der Waals surface area contributed by atoms with Crippen LogP contribution in [-0.2, 0) is 4.79 Å². The Kier molecular flexibility index (Phi) is 3.33. The third-order valence-electron chi connectivity index (χ3n) is 3.07. The average Bonchev–Trinajstić information content (AvgIpc) is 2.72. The summed E-state index contributed by atoms with van der Waals surface area (Å²) >= 11 is 0. The van der Waals surface area contributed by atoms with Crippen LogP contribution < -0.4 is 15.2 Å². The zero-order valence-electron chi connectivity index (χ0n) is 10.4. The molecule has 1 N–H and O–H groups in total. The molecule has 0 radical (unpaired) electrons. The summed E-state index contributed by atoms with van der Waals surface area (Å²) in [5, 5.41) is 1.63. The van der Waals surface area contributed by atoms with Crippen molar-refractivity contribution in [1.29, 1.82) is 0 Å². The number of hydrogen-bond donors (Lipinski definition) is 1. The van der Waals surface area contributed by atoms with Crippen LogP contribution in [0.25, 0.3) is 0 Å². The zero-order chi connectivity index (χ0) is 12.4. The van der Waals surface area contributed by atoms with Crippen LogP contribution in [0.5, 0.6) is 5.75 Å². The maximum atomic E-state index is 11.9. The summed E-state index contributed by atoms with van der Waals surface area (Å²) in [6.07, 6.45) is 0.559. The molecule has 1 aromatic rings. The number of amides is 1. The second-order valence-corrected chi connectivity index (χ2v) is 4.61. The normalized spacial score (nSPS) is 20.1. The number of nitrogens with zero attached hydrogens (tertiary/aromatic N) is 1. The molecule has 1 saturated heterocycles. The Morgan fingerprint density at radius 3 is 2.47 bits per heavy atom. The Bertz CT molecular complexity index is 400. The van der Waals surface area contributed by atoms with Gasteiger partial charge in [-0.25, -0.2) is 10.4 Å². The number of hydrogen-bond acceptors (Lipinski definition) is 3. The van der Waals surface area contributed by atoms with E-state index in [0.717, 1.165) is 11.4 Å². The Labute approximate surface area is 102 Å². The van der Waals surface area contributed by atoms with Gasteiger partial charge in [-0.2, -0.15) is 0 Å². The van der Waals surface area contributed by atoms with Crippen LogP contribution in [0.4, 0.5) is 5.69 Å². The van der Waals surface area contributed by atoms with E-state index in [9.17, 15) is 4.79 Å². The Morgan fingerprint density at radius 2 is 2.00 bits per heavy atom. The first-order valence-electron chi connectivity index (χ1n) is 5.85. The fourth-order valence-electron chi connectivity index (χ4n) is 1.90. The fourth-order valence-corrected chi connectivity index (χ4v) is 1.90. The molecule has 0 spiro atoms. The van der Waals surface area contributed by atoms with E-state index in [0.29, 0.717) is 12.3 Å². The minimum atomic E-state index is 0.119. The second-order valence-electron chi connectivity index (χ2n) is 4.61. The first-order valence-corrected chi connectivity index (χ1v) is 5.85. The summed E-state index contributed by atoms with van der Waals surface area (Å²) in [4.78, 5) is 11.9. The predicted octanol–water partition coefficient (Wildman–Crippen LogP) is 1.96. The Hall–Kier alpha value is -1.55. The monoisotopic (exact) mass is 234 g/mol. The minimum Gasteiger partial charge on any atom is -0.497 e. The summed E-state index contributed by atoms with van der Waals surface area (Å²) in [6.45, 7) is 4.23. The molecule has 1 heterocycles. The molecule has 4 heteroatoms. The highest BCUT2D eigenvalue weighted by molar-refractivity contribution is 5.94. The lowest BCUT2D eigenvalue weighted by molar-refractivity contribution is -0.117. The van der Waals surface area contributed by atoms with Crippen LogP contribution >= 0.6 is 0 Å². The number of hydrazine groups is 1. The molecule has 1 unspecified atom stereocenters. The first-order chi connectivity index (χ1) is 8.11. The molecule has 0 aromatic heterocycles. The molecule has 1 aromatic carbocycles. The van der Waals surface area contributed by atoms with Crippen molar-refractivity contribution < 1.29 is 9.53 Å². The van der Waals surface area contributed by atoms with E-state index in [4.69, 9.17) is 4.74 Å². The van der Waals surface area contributed by atoms with Gasteiger partial charge in [0.25, 0.3) is 0 Å². The lowest BCUT2D eigenvalue weighted by Crippen LogP contribution is -2.39. The van der Waals surface area contributed by atoms with Crippen LogP contribution in [-0.4, -0.2) is 19.1 Å². The number of nitrogens with one attached hydrogen (secondary N) is 1. The molecule has 1 aliphatic rings. The molecular weight excluding hydrogens is 216 g/mol. The molecule has 1 aliphatic heterocycles. The number of carbonyl (C=O) groups is 1. The summed E-state index contributed by atoms with van der Waals surface area (Å²) < 4.78 is 5.09. The van der Waals surface area contributed by atoms with Crippen molar-refractivity contribution in [2.45, 2.75) is 26.3 Å². The first kappa shape index (κ1) is 11.9. The van der Waals surface area contributed by atoms with Gasteiger partial charge in [0.05, 0.1) is 12.8 Å². The average molecular weight is 234 g/mol. The van der Waals surface area contributed by atoms with Crippen LogP contribution in [0.15, 0.2) is 24.3 Å². The molecular formula is C13H18N2O2. The van der Waals surface area contributed by atoms with Gasteiger partial charge in [-0.05, 0) is 30.2 Å². The Morgan fingerprint density at radius 1 is 1.35 bits per heavy atom. The van der Waals surface area contributed by atoms with E-state index in [2.05, 4.69) is 19.3 Å². The Balaban J connectivity index is 2.14. The van der Waals surface area contributed by atoms with Crippen LogP contribution in [0.3, 0.4) is 0 Å². The predicted molar refractivity (Wildman–Crippen MR) is 66.9 cm³/mol. The number of anilines is 1. The van der Waals surface area contributed by atoms with Gasteiger partial charge >= 0.3 is 0 Å². The lowest BCUT2D eigenvalue weighted by Gasteiger charge is -2.19. The second kappa shape index (κ2) is 4.75. The summed E-state index contributed by atoms with van der Waals surface area (Å²) in [5.74, 6) is 1.36. The van der Waals surface area contributed by atoms with Crippen LogP contribution in [0.2, 0.25) is 0 Å². The van der Waals surface area contributed by atoms with E-state index in [-0.39, 0.29) is 11.9 Å². The van der Waals surface area contributed by atoms with E-state index < -0.39 is 0 Å². The number of carbonyl (C=O) groups excluding carboxylic acids is 1.